The van der Waals surface area contributed by atoms with Gasteiger partial charge in [-0.05, 0) is 65.8 Å². The van der Waals surface area contributed by atoms with Crippen molar-refractivity contribution in [2.24, 2.45) is 0 Å². The number of carbonyl (C=O) groups is 1. The van der Waals surface area contributed by atoms with Crippen LogP contribution in [0.1, 0.15) is 5.56 Å². The maximum absolute atomic E-state index is 15.0. The lowest BCUT2D eigenvalue weighted by Gasteiger charge is -2.12. The number of sulfone groups is 1. The van der Waals surface area contributed by atoms with Gasteiger partial charge in [-0.15, -0.1) is 11.3 Å². The zero-order chi connectivity index (χ0) is 29.1. The Kier molecular flexibility index (Phi) is 8.06. The summed E-state index contributed by atoms with van der Waals surface area (Å²) in [5.41, 5.74) is 2.38. The van der Waals surface area contributed by atoms with E-state index in [0.29, 0.717) is 27.2 Å². The van der Waals surface area contributed by atoms with Crippen LogP contribution in [0.5, 0.6) is 11.5 Å². The van der Waals surface area contributed by atoms with E-state index >= 15 is 0 Å². The SMILES string of the molecule is CS(=O)(=O)c1ccc(-c2cc3nccc(Oc4ccc(NC(=S)NC(=O)Cc5ccc(F)cc5)cc4F)c3s2)cc1. The van der Waals surface area contributed by atoms with E-state index in [9.17, 15) is 22.0 Å². The zero-order valence-corrected chi connectivity index (χ0v) is 23.8. The fraction of sp³-hybridized carbons (Fsp3) is 0.0690. The summed E-state index contributed by atoms with van der Waals surface area (Å²) in [6.45, 7) is 0. The monoisotopic (exact) mass is 609 g/mol. The average Bonchev–Trinajstić information content (AvgIpc) is 3.36. The largest absolute Gasteiger partial charge is 0.453 e. The average molecular weight is 610 g/mol. The molecule has 5 aromatic rings. The highest BCUT2D eigenvalue weighted by Crippen LogP contribution is 2.40. The van der Waals surface area contributed by atoms with Crippen molar-refractivity contribution >= 4 is 60.3 Å². The highest BCUT2D eigenvalue weighted by atomic mass is 32.2. The van der Waals surface area contributed by atoms with Crippen LogP contribution in [0.4, 0.5) is 14.5 Å². The molecule has 0 aliphatic heterocycles. The number of carbonyl (C=O) groups excluding carboxylic acids is 1. The molecule has 0 unspecified atom stereocenters. The van der Waals surface area contributed by atoms with Crippen LogP contribution in [0.25, 0.3) is 20.7 Å². The Morgan fingerprint density at radius 1 is 0.976 bits per heavy atom. The van der Waals surface area contributed by atoms with E-state index in [1.807, 2.05) is 6.07 Å². The second kappa shape index (κ2) is 11.7. The summed E-state index contributed by atoms with van der Waals surface area (Å²) in [6, 6.07) is 19.8. The molecule has 0 aliphatic rings. The quantitative estimate of drug-likeness (QED) is 0.204. The van der Waals surface area contributed by atoms with Crippen LogP contribution in [-0.4, -0.2) is 30.7 Å². The molecular formula is C29H21F2N3O4S3. The summed E-state index contributed by atoms with van der Waals surface area (Å²) in [4.78, 5) is 17.7. The second-order valence-corrected chi connectivity index (χ2v) is 12.5. The van der Waals surface area contributed by atoms with Crippen molar-refractivity contribution in [1.82, 2.24) is 10.3 Å². The third kappa shape index (κ3) is 6.91. The Labute approximate surface area is 243 Å². The van der Waals surface area contributed by atoms with Crippen molar-refractivity contribution in [3.05, 3.63) is 102 Å². The molecule has 2 aromatic heterocycles. The summed E-state index contributed by atoms with van der Waals surface area (Å²) in [7, 11) is -3.31. The van der Waals surface area contributed by atoms with Crippen LogP contribution < -0.4 is 15.4 Å². The highest BCUT2D eigenvalue weighted by Gasteiger charge is 2.15. The second-order valence-electron chi connectivity index (χ2n) is 8.98. The number of hydrogen-bond acceptors (Lipinski definition) is 7. The molecule has 208 valence electrons. The van der Waals surface area contributed by atoms with E-state index in [2.05, 4.69) is 15.6 Å². The van der Waals surface area contributed by atoms with Crippen molar-refractivity contribution in [2.75, 3.05) is 11.6 Å². The molecule has 0 atom stereocenters. The van der Waals surface area contributed by atoms with Crippen molar-refractivity contribution in [3.63, 3.8) is 0 Å². The molecule has 0 fully saturated rings. The first kappa shape index (κ1) is 28.3. The van der Waals surface area contributed by atoms with Crippen LogP contribution in [0.15, 0.2) is 90.0 Å². The van der Waals surface area contributed by atoms with E-state index in [0.717, 1.165) is 16.7 Å². The first-order chi connectivity index (χ1) is 19.5. The third-order valence-corrected chi connectivity index (χ3v) is 8.40. The predicted molar refractivity (Wildman–Crippen MR) is 159 cm³/mol. The Morgan fingerprint density at radius 2 is 1.71 bits per heavy atom. The smallest absolute Gasteiger partial charge is 0.230 e. The van der Waals surface area contributed by atoms with Gasteiger partial charge in [0, 0.05) is 35.1 Å². The van der Waals surface area contributed by atoms with Gasteiger partial charge in [-0.25, -0.2) is 17.2 Å². The number of halogens is 2. The summed E-state index contributed by atoms with van der Waals surface area (Å²) in [5, 5.41) is 5.26. The Hall–Kier alpha value is -4.26. The topological polar surface area (TPSA) is 97.4 Å². The molecule has 5 rings (SSSR count). The number of thiophene rings is 1. The number of nitrogens with zero attached hydrogens (tertiary/aromatic N) is 1. The van der Waals surface area contributed by atoms with E-state index < -0.39 is 27.4 Å². The van der Waals surface area contributed by atoms with Crippen LogP contribution in [-0.2, 0) is 21.1 Å². The molecule has 0 saturated heterocycles. The number of amides is 1. The van der Waals surface area contributed by atoms with E-state index in [1.165, 1.54) is 47.7 Å². The first-order valence-electron chi connectivity index (χ1n) is 12.1. The zero-order valence-electron chi connectivity index (χ0n) is 21.4. The van der Waals surface area contributed by atoms with Gasteiger partial charge in [-0.1, -0.05) is 24.3 Å². The van der Waals surface area contributed by atoms with Crippen molar-refractivity contribution < 1.29 is 26.7 Å². The number of benzene rings is 3. The molecule has 0 bridgehead atoms. The van der Waals surface area contributed by atoms with Gasteiger partial charge in [-0.2, -0.15) is 0 Å². The molecule has 2 heterocycles. The van der Waals surface area contributed by atoms with Gasteiger partial charge in [0.15, 0.2) is 26.5 Å². The minimum atomic E-state index is -3.31. The third-order valence-electron chi connectivity index (χ3n) is 5.88. The minimum absolute atomic E-state index is 0.0000345. The van der Waals surface area contributed by atoms with Crippen molar-refractivity contribution in [2.45, 2.75) is 11.3 Å². The van der Waals surface area contributed by atoms with E-state index in [4.69, 9.17) is 17.0 Å². The molecule has 12 heteroatoms. The predicted octanol–water partition coefficient (Wildman–Crippen LogP) is 6.49. The van der Waals surface area contributed by atoms with Gasteiger partial charge in [0.05, 0.1) is 21.5 Å². The summed E-state index contributed by atoms with van der Waals surface area (Å²) >= 11 is 6.55. The minimum Gasteiger partial charge on any atom is -0.453 e. The van der Waals surface area contributed by atoms with Crippen LogP contribution in [0.2, 0.25) is 0 Å². The Bertz CT molecular complexity index is 1870. The maximum Gasteiger partial charge on any atom is 0.230 e. The summed E-state index contributed by atoms with van der Waals surface area (Å²) < 4.78 is 58.1. The van der Waals surface area contributed by atoms with E-state index in [-0.39, 0.29) is 22.2 Å². The van der Waals surface area contributed by atoms with E-state index in [1.54, 1.807) is 42.6 Å². The lowest BCUT2D eigenvalue weighted by Crippen LogP contribution is -2.35. The number of nitrogens with one attached hydrogen (secondary N) is 2. The fourth-order valence-electron chi connectivity index (χ4n) is 3.90. The molecule has 3 aromatic carbocycles. The number of fused-ring (bicyclic) bond motifs is 1. The van der Waals surface area contributed by atoms with Crippen LogP contribution in [0, 0.1) is 11.6 Å². The molecule has 0 spiro atoms. The highest BCUT2D eigenvalue weighted by molar-refractivity contribution is 7.90. The Morgan fingerprint density at radius 3 is 2.39 bits per heavy atom. The van der Waals surface area contributed by atoms with Gasteiger partial charge in [-0.3, -0.25) is 9.78 Å². The number of pyridine rings is 1. The fourth-order valence-corrected chi connectivity index (χ4v) is 5.84. The lowest BCUT2D eigenvalue weighted by atomic mass is 10.1. The van der Waals surface area contributed by atoms with Crippen molar-refractivity contribution in [1.29, 1.82) is 0 Å². The number of ether oxygens (including phenoxy) is 1. The molecule has 0 radical (unpaired) electrons. The summed E-state index contributed by atoms with van der Waals surface area (Å²) in [5.74, 6) is -1.08. The van der Waals surface area contributed by atoms with Crippen LogP contribution in [0.3, 0.4) is 0 Å². The van der Waals surface area contributed by atoms with Crippen LogP contribution >= 0.6 is 23.6 Å². The molecule has 0 aliphatic carbocycles. The van der Waals surface area contributed by atoms with Gasteiger partial charge in [0.1, 0.15) is 11.6 Å². The molecule has 41 heavy (non-hydrogen) atoms. The maximum atomic E-state index is 15.0. The number of thiocarbonyl (C=S) groups is 1. The molecule has 2 N–H and O–H groups in total. The molecule has 1 amide bonds. The molecular weight excluding hydrogens is 589 g/mol. The van der Waals surface area contributed by atoms with Gasteiger partial charge in [0.25, 0.3) is 0 Å². The van der Waals surface area contributed by atoms with Gasteiger partial charge in [0.2, 0.25) is 5.91 Å². The standard InChI is InChI=1S/C29H21F2N3O4S3/c1-41(36,37)21-9-4-18(5-10-21)26-16-23-28(40-26)25(12-13-32-23)38-24-11-8-20(15-22(24)31)33-29(39)34-27(35)14-17-2-6-19(30)7-3-17/h2-13,15-16H,14H2,1H3,(H2,33,34,35,39). The number of aromatic nitrogens is 1. The summed E-state index contributed by atoms with van der Waals surface area (Å²) in [6.07, 6.45) is 2.71. The molecule has 7 nitrogen and oxygen atoms in total. The normalized spacial score (nSPS) is 11.3. The number of rotatable bonds is 7. The van der Waals surface area contributed by atoms with Gasteiger partial charge < -0.3 is 15.4 Å². The first-order valence-corrected chi connectivity index (χ1v) is 15.2. The lowest BCUT2D eigenvalue weighted by molar-refractivity contribution is -0.119. The molecule has 0 saturated carbocycles. The van der Waals surface area contributed by atoms with Gasteiger partial charge >= 0.3 is 0 Å². The number of anilines is 1. The number of hydrogen-bond donors (Lipinski definition) is 2. The Balaban J connectivity index is 1.26. The van der Waals surface area contributed by atoms with Crippen molar-refractivity contribution in [3.8, 4) is 21.9 Å².